The molecule has 0 aliphatic carbocycles. The molecule has 1 aromatic carbocycles. The molecule has 0 N–H and O–H groups in total. The van der Waals surface area contributed by atoms with Gasteiger partial charge in [0.15, 0.2) is 0 Å². The van der Waals surface area contributed by atoms with Gasteiger partial charge in [-0.15, -0.1) is 0 Å². The maximum absolute atomic E-state index is 6.35. The van der Waals surface area contributed by atoms with Gasteiger partial charge in [-0.3, -0.25) is 0 Å². The molecule has 1 aromatic rings. The van der Waals surface area contributed by atoms with Gasteiger partial charge in [0.2, 0.25) is 0 Å². The minimum absolute atomic E-state index is 0.239. The number of rotatable bonds is 3. The summed E-state index contributed by atoms with van der Waals surface area (Å²) in [5.41, 5.74) is 1.98. The summed E-state index contributed by atoms with van der Waals surface area (Å²) >= 11 is 0. The van der Waals surface area contributed by atoms with Crippen molar-refractivity contribution in [2.45, 2.75) is 65.5 Å². The Balaban J connectivity index is 2.51. The molecule has 0 atom stereocenters. The van der Waals surface area contributed by atoms with E-state index in [1.54, 1.807) is 0 Å². The van der Waals surface area contributed by atoms with Crippen molar-refractivity contribution in [1.29, 1.82) is 0 Å². The third kappa shape index (κ3) is 3.24. The molecule has 0 spiro atoms. The van der Waals surface area contributed by atoms with Crippen molar-refractivity contribution in [3.05, 3.63) is 41.0 Å². The highest BCUT2D eigenvalue weighted by molar-refractivity contribution is 6.96. The van der Waals surface area contributed by atoms with Crippen LogP contribution in [-0.2, 0) is 9.31 Å². The van der Waals surface area contributed by atoms with Crippen LogP contribution in [0.15, 0.2) is 35.4 Å². The molecule has 1 aliphatic heterocycles. The highest BCUT2D eigenvalue weighted by Gasteiger charge is 2.54. The zero-order valence-corrected chi connectivity index (χ0v) is 16.3. The van der Waals surface area contributed by atoms with E-state index in [9.17, 15) is 0 Å². The Morgan fingerprint density at radius 1 is 0.909 bits per heavy atom. The first kappa shape index (κ1) is 17.5. The third-order valence-corrected chi connectivity index (χ3v) is 7.13. The first-order valence-electron chi connectivity index (χ1n) is 8.08. The van der Waals surface area contributed by atoms with Crippen molar-refractivity contribution in [3.63, 3.8) is 0 Å². The Labute approximate surface area is 137 Å². The Morgan fingerprint density at radius 2 is 1.36 bits per heavy atom. The minimum Gasteiger partial charge on any atom is -0.400 e. The molecule has 1 heterocycles. The first-order chi connectivity index (χ1) is 9.96. The van der Waals surface area contributed by atoms with Crippen molar-refractivity contribution in [3.8, 4) is 0 Å². The molecule has 22 heavy (non-hydrogen) atoms. The van der Waals surface area contributed by atoms with Gasteiger partial charge in [-0.1, -0.05) is 55.5 Å². The van der Waals surface area contributed by atoms with Gasteiger partial charge in [-0.05, 0) is 45.3 Å². The lowest BCUT2D eigenvalue weighted by Crippen LogP contribution is -2.41. The van der Waals surface area contributed by atoms with E-state index in [1.165, 1.54) is 16.2 Å². The van der Waals surface area contributed by atoms with E-state index in [4.69, 9.17) is 9.31 Å². The van der Waals surface area contributed by atoms with Crippen LogP contribution in [0.1, 0.15) is 40.2 Å². The quantitative estimate of drug-likeness (QED) is 0.733. The van der Waals surface area contributed by atoms with Crippen LogP contribution in [0.3, 0.4) is 0 Å². The second-order valence-corrected chi connectivity index (χ2v) is 13.3. The maximum Gasteiger partial charge on any atom is 0.486 e. The molecule has 4 heteroatoms. The normalized spacial score (nSPS) is 21.7. The topological polar surface area (TPSA) is 18.5 Å². The molecule has 0 unspecified atom stereocenters. The van der Waals surface area contributed by atoms with E-state index in [-0.39, 0.29) is 18.3 Å². The van der Waals surface area contributed by atoms with Crippen LogP contribution in [-0.4, -0.2) is 26.4 Å². The molecule has 1 fully saturated rings. The maximum atomic E-state index is 6.35. The zero-order chi connectivity index (χ0) is 16.8. The van der Waals surface area contributed by atoms with E-state index in [0.29, 0.717) is 0 Å². The van der Waals surface area contributed by atoms with Crippen LogP contribution in [0.25, 0.3) is 5.57 Å². The molecule has 0 radical (unpaired) electrons. The predicted octanol–water partition coefficient (Wildman–Crippen LogP) is 4.97. The lowest BCUT2D eigenvalue weighted by atomic mass is 9.84. The van der Waals surface area contributed by atoms with Gasteiger partial charge >= 0.3 is 7.12 Å². The van der Waals surface area contributed by atoms with Crippen LogP contribution in [0.2, 0.25) is 19.6 Å². The molecule has 0 aromatic heterocycles. The fourth-order valence-corrected chi connectivity index (χ4v) is 4.99. The summed E-state index contributed by atoms with van der Waals surface area (Å²) in [5, 5.41) is 1.36. The zero-order valence-electron chi connectivity index (χ0n) is 15.3. The van der Waals surface area contributed by atoms with E-state index in [0.717, 1.165) is 0 Å². The first-order valence-corrected chi connectivity index (χ1v) is 11.6. The van der Waals surface area contributed by atoms with Gasteiger partial charge in [0, 0.05) is 0 Å². The summed E-state index contributed by atoms with van der Waals surface area (Å²) in [7, 11) is -1.83. The van der Waals surface area contributed by atoms with Crippen molar-refractivity contribution in [1.82, 2.24) is 0 Å². The number of allylic oxidation sites excluding steroid dienone is 1. The minimum atomic E-state index is -1.59. The fraction of sp³-hybridized carbons (Fsp3) is 0.556. The summed E-state index contributed by atoms with van der Waals surface area (Å²) in [4.78, 5) is 0. The van der Waals surface area contributed by atoms with Crippen molar-refractivity contribution in [2.75, 3.05) is 0 Å². The van der Waals surface area contributed by atoms with Crippen LogP contribution < -0.4 is 0 Å². The smallest absolute Gasteiger partial charge is 0.400 e. The largest absolute Gasteiger partial charge is 0.486 e. The van der Waals surface area contributed by atoms with E-state index >= 15 is 0 Å². The summed E-state index contributed by atoms with van der Waals surface area (Å²) < 4.78 is 12.7. The molecule has 0 saturated carbocycles. The summed E-state index contributed by atoms with van der Waals surface area (Å²) in [5.74, 6) is 0. The Morgan fingerprint density at radius 3 is 1.77 bits per heavy atom. The molecular weight excluding hydrogens is 287 g/mol. The lowest BCUT2D eigenvalue weighted by molar-refractivity contribution is 0.00578. The van der Waals surface area contributed by atoms with E-state index in [1.807, 2.05) is 0 Å². The number of benzene rings is 1. The van der Waals surface area contributed by atoms with Gasteiger partial charge in [-0.2, -0.15) is 0 Å². The standard InChI is InChI=1S/C18H29BO2Si/c1-14(15-12-10-9-11-13-15)16(22(6,7)8)19-20-17(2,3)18(4,5)21-19/h9-13H,1-8H3/b16-14-. The Kier molecular flexibility index (Phi) is 4.51. The Bertz CT molecular complexity index is 554. The molecule has 2 rings (SSSR count). The second kappa shape index (κ2) is 5.66. The van der Waals surface area contributed by atoms with Crippen LogP contribution in [0.5, 0.6) is 0 Å². The van der Waals surface area contributed by atoms with Gasteiger partial charge < -0.3 is 9.31 Å². The van der Waals surface area contributed by atoms with Crippen molar-refractivity contribution >= 4 is 20.8 Å². The van der Waals surface area contributed by atoms with E-state index < -0.39 is 8.07 Å². The van der Waals surface area contributed by atoms with Gasteiger partial charge in [0.05, 0.1) is 19.3 Å². The second-order valence-electron chi connectivity index (χ2n) is 8.24. The van der Waals surface area contributed by atoms with Gasteiger partial charge in [0.1, 0.15) is 0 Å². The van der Waals surface area contributed by atoms with Crippen molar-refractivity contribution < 1.29 is 9.31 Å². The van der Waals surface area contributed by atoms with Crippen LogP contribution >= 0.6 is 0 Å². The van der Waals surface area contributed by atoms with Crippen LogP contribution in [0.4, 0.5) is 0 Å². The van der Waals surface area contributed by atoms with Crippen molar-refractivity contribution in [2.24, 2.45) is 0 Å². The molecule has 120 valence electrons. The highest BCUT2D eigenvalue weighted by atomic mass is 28.3. The average molecular weight is 316 g/mol. The summed E-state index contributed by atoms with van der Waals surface area (Å²) in [6.45, 7) is 17.8. The molecule has 0 amide bonds. The molecule has 1 aliphatic rings. The summed E-state index contributed by atoms with van der Waals surface area (Å²) in [6, 6.07) is 10.6. The molecule has 0 bridgehead atoms. The number of hydrogen-bond donors (Lipinski definition) is 0. The molecular formula is C18H29BO2Si. The predicted molar refractivity (Wildman–Crippen MR) is 98.5 cm³/mol. The van der Waals surface area contributed by atoms with Gasteiger partial charge in [-0.25, -0.2) is 0 Å². The van der Waals surface area contributed by atoms with E-state index in [2.05, 4.69) is 84.6 Å². The fourth-order valence-electron chi connectivity index (χ4n) is 2.90. The molecule has 1 saturated heterocycles. The lowest BCUT2D eigenvalue weighted by Gasteiger charge is -2.32. The Hall–Kier alpha value is -0.838. The third-order valence-electron chi connectivity index (χ3n) is 4.91. The SMILES string of the molecule is C/C(=C(\B1OC(C)(C)C(C)(C)O1)[Si](C)(C)C)c1ccccc1. The molecule has 2 nitrogen and oxygen atoms in total. The van der Waals surface area contributed by atoms with Crippen LogP contribution in [0, 0.1) is 0 Å². The van der Waals surface area contributed by atoms with Gasteiger partial charge in [0.25, 0.3) is 0 Å². The highest BCUT2D eigenvalue weighted by Crippen LogP contribution is 2.41. The monoisotopic (exact) mass is 316 g/mol. The number of hydrogen-bond acceptors (Lipinski definition) is 2. The average Bonchev–Trinajstić information content (AvgIpc) is 2.57. The summed E-state index contributed by atoms with van der Waals surface area (Å²) in [6.07, 6.45) is 0.